The third kappa shape index (κ3) is 4.59. The molecule has 1 unspecified atom stereocenters. The molecule has 29 heavy (non-hydrogen) atoms. The van der Waals surface area contributed by atoms with E-state index in [-0.39, 0.29) is 0 Å². The fourth-order valence-electron chi connectivity index (χ4n) is 3.27. The van der Waals surface area contributed by atoms with Crippen molar-refractivity contribution in [3.8, 4) is 0 Å². The molecule has 0 aromatic carbocycles. The van der Waals surface area contributed by atoms with Gasteiger partial charge in [-0.25, -0.2) is 19.9 Å². The van der Waals surface area contributed by atoms with Crippen molar-refractivity contribution in [1.29, 1.82) is 0 Å². The van der Waals surface area contributed by atoms with Gasteiger partial charge in [0.1, 0.15) is 23.0 Å². The van der Waals surface area contributed by atoms with Crippen LogP contribution in [-0.2, 0) is 10.3 Å². The van der Waals surface area contributed by atoms with E-state index in [0.29, 0.717) is 17.2 Å². The summed E-state index contributed by atoms with van der Waals surface area (Å²) >= 11 is 1.41. The molecule has 3 aromatic rings. The molecule has 4 rings (SSSR count). The SMILES string of the molecule is CC(O)(c1cccc(N(CCN2CCOCC2)c2ccncn2)n1)c1nccs1. The number of hydrogen-bond donors (Lipinski definition) is 1. The zero-order valence-corrected chi connectivity index (χ0v) is 17.1. The first kappa shape index (κ1) is 19.8. The summed E-state index contributed by atoms with van der Waals surface area (Å²) in [6.45, 7) is 6.67. The molecule has 0 amide bonds. The molecule has 1 aliphatic rings. The van der Waals surface area contributed by atoms with Gasteiger partial charge in [-0.3, -0.25) is 4.90 Å². The van der Waals surface area contributed by atoms with Gasteiger partial charge in [-0.2, -0.15) is 0 Å². The van der Waals surface area contributed by atoms with E-state index in [1.165, 1.54) is 17.7 Å². The molecule has 3 aromatic heterocycles. The lowest BCUT2D eigenvalue weighted by molar-refractivity contribution is 0.0393. The van der Waals surface area contributed by atoms with Crippen LogP contribution in [0.25, 0.3) is 0 Å². The fraction of sp³-hybridized carbons (Fsp3) is 0.400. The molecule has 152 valence electrons. The number of pyridine rings is 1. The highest BCUT2D eigenvalue weighted by molar-refractivity contribution is 7.09. The first-order valence-corrected chi connectivity index (χ1v) is 10.5. The molecule has 9 heteroatoms. The molecule has 0 spiro atoms. The monoisotopic (exact) mass is 412 g/mol. The van der Waals surface area contributed by atoms with Crippen LogP contribution >= 0.6 is 11.3 Å². The van der Waals surface area contributed by atoms with Crippen LogP contribution in [0.15, 0.2) is 48.4 Å². The van der Waals surface area contributed by atoms with Crippen molar-refractivity contribution in [3.63, 3.8) is 0 Å². The Hall–Kier alpha value is -2.46. The lowest BCUT2D eigenvalue weighted by atomic mass is 10.0. The Bertz CT molecular complexity index is 900. The van der Waals surface area contributed by atoms with E-state index in [1.54, 1.807) is 19.3 Å². The van der Waals surface area contributed by atoms with E-state index >= 15 is 0 Å². The third-order valence-electron chi connectivity index (χ3n) is 4.94. The van der Waals surface area contributed by atoms with Crippen LogP contribution in [0, 0.1) is 0 Å². The van der Waals surface area contributed by atoms with Gasteiger partial charge in [0, 0.05) is 44.0 Å². The van der Waals surface area contributed by atoms with Gasteiger partial charge in [0.05, 0.1) is 18.9 Å². The minimum atomic E-state index is -1.26. The molecule has 8 nitrogen and oxygen atoms in total. The van der Waals surface area contributed by atoms with Gasteiger partial charge in [-0.05, 0) is 25.1 Å². The number of anilines is 2. The van der Waals surface area contributed by atoms with Crippen LogP contribution in [0.4, 0.5) is 11.6 Å². The zero-order chi connectivity index (χ0) is 20.1. The Balaban J connectivity index is 1.62. The molecule has 1 saturated heterocycles. The predicted molar refractivity (Wildman–Crippen MR) is 111 cm³/mol. The molecule has 0 bridgehead atoms. The summed E-state index contributed by atoms with van der Waals surface area (Å²) in [4.78, 5) is 21.9. The van der Waals surface area contributed by atoms with Gasteiger partial charge in [0.2, 0.25) is 0 Å². The number of hydrogen-bond acceptors (Lipinski definition) is 9. The van der Waals surface area contributed by atoms with Gasteiger partial charge in [-0.1, -0.05) is 6.07 Å². The average molecular weight is 413 g/mol. The summed E-state index contributed by atoms with van der Waals surface area (Å²) in [5.74, 6) is 1.50. The topological polar surface area (TPSA) is 87.5 Å². The average Bonchev–Trinajstić information content (AvgIpc) is 3.32. The van der Waals surface area contributed by atoms with Gasteiger partial charge in [-0.15, -0.1) is 11.3 Å². The van der Waals surface area contributed by atoms with Gasteiger partial charge in [0.15, 0.2) is 5.60 Å². The number of rotatable bonds is 7. The smallest absolute Gasteiger partial charge is 0.155 e. The highest BCUT2D eigenvalue weighted by atomic mass is 32.1. The lowest BCUT2D eigenvalue weighted by Crippen LogP contribution is -2.41. The van der Waals surface area contributed by atoms with Gasteiger partial charge in [0.25, 0.3) is 0 Å². The van der Waals surface area contributed by atoms with Crippen molar-refractivity contribution in [3.05, 3.63) is 59.1 Å². The van der Waals surface area contributed by atoms with E-state index in [1.807, 2.05) is 29.6 Å². The van der Waals surface area contributed by atoms with Crippen LogP contribution < -0.4 is 4.90 Å². The summed E-state index contributed by atoms with van der Waals surface area (Å²) in [6.07, 6.45) is 4.94. The van der Waals surface area contributed by atoms with Crippen molar-refractivity contribution in [2.45, 2.75) is 12.5 Å². The Morgan fingerprint density at radius 2 is 2.03 bits per heavy atom. The standard InChI is InChI=1S/C20H24N6O2S/c1-20(27,19-22-7-14-29-19)16-3-2-4-18(24-16)26(17-5-6-21-15-23-17)9-8-25-10-12-28-13-11-25/h2-7,14-15,27H,8-13H2,1H3. The maximum absolute atomic E-state index is 11.1. The quantitative estimate of drug-likeness (QED) is 0.631. The molecule has 0 aliphatic carbocycles. The molecule has 1 N–H and O–H groups in total. The Morgan fingerprint density at radius 1 is 1.17 bits per heavy atom. The van der Waals surface area contributed by atoms with E-state index in [4.69, 9.17) is 9.72 Å². The predicted octanol–water partition coefficient (Wildman–Crippen LogP) is 2.05. The summed E-state index contributed by atoms with van der Waals surface area (Å²) in [7, 11) is 0. The number of ether oxygens (including phenoxy) is 1. The maximum atomic E-state index is 11.1. The van der Waals surface area contributed by atoms with Gasteiger partial charge >= 0.3 is 0 Å². The van der Waals surface area contributed by atoms with E-state index in [9.17, 15) is 5.11 Å². The summed E-state index contributed by atoms with van der Waals surface area (Å²) in [5.41, 5.74) is -0.707. The third-order valence-corrected chi connectivity index (χ3v) is 5.93. The Kier molecular flexibility index (Phi) is 6.10. The second-order valence-electron chi connectivity index (χ2n) is 6.96. The molecule has 1 atom stereocenters. The van der Waals surface area contributed by atoms with Crippen molar-refractivity contribution in [1.82, 2.24) is 24.8 Å². The molecule has 1 aliphatic heterocycles. The summed E-state index contributed by atoms with van der Waals surface area (Å²) in [6, 6.07) is 7.53. The fourth-order valence-corrected chi connectivity index (χ4v) is 3.98. The van der Waals surface area contributed by atoms with E-state index in [2.05, 4.69) is 24.8 Å². The highest BCUT2D eigenvalue weighted by Gasteiger charge is 2.30. The number of nitrogens with zero attached hydrogens (tertiary/aromatic N) is 6. The second-order valence-corrected chi connectivity index (χ2v) is 7.86. The maximum Gasteiger partial charge on any atom is 0.155 e. The van der Waals surface area contributed by atoms with Gasteiger partial charge < -0.3 is 14.7 Å². The zero-order valence-electron chi connectivity index (χ0n) is 16.3. The number of thiazole rings is 1. The number of morpholine rings is 1. The van der Waals surface area contributed by atoms with Crippen LogP contribution in [0.3, 0.4) is 0 Å². The van der Waals surface area contributed by atoms with Crippen molar-refractivity contribution in [2.24, 2.45) is 0 Å². The van der Waals surface area contributed by atoms with E-state index < -0.39 is 5.60 Å². The number of aliphatic hydroxyl groups is 1. The number of aromatic nitrogens is 4. The van der Waals surface area contributed by atoms with Crippen LogP contribution in [0.5, 0.6) is 0 Å². The minimum Gasteiger partial charge on any atom is -0.379 e. The molecule has 0 saturated carbocycles. The minimum absolute atomic E-state index is 0.551. The second kappa shape index (κ2) is 8.91. The molecule has 0 radical (unpaired) electrons. The van der Waals surface area contributed by atoms with Crippen LogP contribution in [0.1, 0.15) is 17.6 Å². The molecule has 4 heterocycles. The highest BCUT2D eigenvalue weighted by Crippen LogP contribution is 2.31. The van der Waals surface area contributed by atoms with Crippen LogP contribution in [0.2, 0.25) is 0 Å². The Labute approximate surface area is 173 Å². The Morgan fingerprint density at radius 3 is 2.76 bits per heavy atom. The van der Waals surface area contributed by atoms with Crippen molar-refractivity contribution >= 4 is 23.0 Å². The van der Waals surface area contributed by atoms with Crippen LogP contribution in [-0.4, -0.2) is 69.3 Å². The van der Waals surface area contributed by atoms with E-state index in [0.717, 1.165) is 44.5 Å². The molecule has 1 fully saturated rings. The largest absolute Gasteiger partial charge is 0.379 e. The van der Waals surface area contributed by atoms with Crippen molar-refractivity contribution in [2.75, 3.05) is 44.3 Å². The lowest BCUT2D eigenvalue weighted by Gasteiger charge is -2.30. The molecular weight excluding hydrogens is 388 g/mol. The summed E-state index contributed by atoms with van der Waals surface area (Å²) < 4.78 is 5.44. The first-order chi connectivity index (χ1) is 14.1. The first-order valence-electron chi connectivity index (χ1n) is 9.58. The van der Waals surface area contributed by atoms with Crippen molar-refractivity contribution < 1.29 is 9.84 Å². The normalized spacial score (nSPS) is 17.0. The summed E-state index contributed by atoms with van der Waals surface area (Å²) in [5, 5.41) is 13.5. The molecular formula is C20H24N6O2S.